The standard InChI is InChI=1S/C13H21N3O2/c17-8-3-1-2-7-16-13(18)9-12(10-14-16)15-11-5-4-6-11/h9-11,15,17H,1-8H2. The van der Waals surface area contributed by atoms with Gasteiger partial charge in [0.25, 0.3) is 5.56 Å². The number of hydrogen-bond donors (Lipinski definition) is 2. The number of rotatable bonds is 7. The molecule has 1 aliphatic rings. The van der Waals surface area contributed by atoms with Crippen LogP contribution >= 0.6 is 0 Å². The lowest BCUT2D eigenvalue weighted by atomic mass is 9.93. The first-order valence-electron chi connectivity index (χ1n) is 6.74. The number of unbranched alkanes of at least 4 members (excludes halogenated alkanes) is 2. The third-order valence-corrected chi connectivity index (χ3v) is 3.37. The molecule has 1 heterocycles. The topological polar surface area (TPSA) is 67.2 Å². The van der Waals surface area contributed by atoms with Gasteiger partial charge in [-0.15, -0.1) is 0 Å². The van der Waals surface area contributed by atoms with Crippen LogP contribution in [-0.4, -0.2) is 27.5 Å². The Kier molecular flexibility index (Phi) is 4.75. The lowest BCUT2D eigenvalue weighted by Crippen LogP contribution is -2.29. The Balaban J connectivity index is 1.86. The fourth-order valence-electron chi connectivity index (χ4n) is 2.02. The van der Waals surface area contributed by atoms with Crippen LogP contribution in [0.5, 0.6) is 0 Å². The van der Waals surface area contributed by atoms with Crippen LogP contribution in [0.3, 0.4) is 0 Å². The van der Waals surface area contributed by atoms with E-state index in [-0.39, 0.29) is 12.2 Å². The molecule has 5 nitrogen and oxygen atoms in total. The van der Waals surface area contributed by atoms with E-state index in [0.717, 1.165) is 24.9 Å². The summed E-state index contributed by atoms with van der Waals surface area (Å²) in [6, 6.07) is 2.14. The average molecular weight is 251 g/mol. The van der Waals surface area contributed by atoms with Crippen LogP contribution in [0.15, 0.2) is 17.1 Å². The predicted octanol–water partition coefficient (Wildman–Crippen LogP) is 1.37. The smallest absolute Gasteiger partial charge is 0.268 e. The van der Waals surface area contributed by atoms with Crippen LogP contribution in [0.1, 0.15) is 38.5 Å². The molecule has 100 valence electrons. The Morgan fingerprint density at radius 3 is 2.83 bits per heavy atom. The molecule has 2 rings (SSSR count). The lowest BCUT2D eigenvalue weighted by Gasteiger charge is -2.27. The van der Waals surface area contributed by atoms with Gasteiger partial charge in [0.1, 0.15) is 0 Å². The maximum atomic E-state index is 11.8. The van der Waals surface area contributed by atoms with E-state index in [2.05, 4.69) is 10.4 Å². The first-order chi connectivity index (χ1) is 8.79. The van der Waals surface area contributed by atoms with Crippen molar-refractivity contribution in [2.24, 2.45) is 0 Å². The van der Waals surface area contributed by atoms with Crippen molar-refractivity contribution < 1.29 is 5.11 Å². The summed E-state index contributed by atoms with van der Waals surface area (Å²) in [4.78, 5) is 11.8. The quantitative estimate of drug-likeness (QED) is 0.718. The Morgan fingerprint density at radius 2 is 2.22 bits per heavy atom. The van der Waals surface area contributed by atoms with Crippen LogP contribution < -0.4 is 10.9 Å². The van der Waals surface area contributed by atoms with Crippen LogP contribution in [0.2, 0.25) is 0 Å². The highest BCUT2D eigenvalue weighted by Crippen LogP contribution is 2.21. The van der Waals surface area contributed by atoms with Crippen molar-refractivity contribution in [2.75, 3.05) is 11.9 Å². The maximum Gasteiger partial charge on any atom is 0.268 e. The molecule has 0 spiro atoms. The molecule has 2 N–H and O–H groups in total. The van der Waals surface area contributed by atoms with Crippen molar-refractivity contribution >= 4 is 5.69 Å². The number of aliphatic hydroxyl groups excluding tert-OH is 1. The molecule has 1 aromatic rings. The zero-order chi connectivity index (χ0) is 12.8. The highest BCUT2D eigenvalue weighted by Gasteiger charge is 2.17. The van der Waals surface area contributed by atoms with Gasteiger partial charge in [0.15, 0.2) is 0 Å². The van der Waals surface area contributed by atoms with E-state index in [1.807, 2.05) is 0 Å². The van der Waals surface area contributed by atoms with E-state index in [4.69, 9.17) is 5.11 Å². The van der Waals surface area contributed by atoms with Gasteiger partial charge in [-0.3, -0.25) is 4.79 Å². The second kappa shape index (κ2) is 6.54. The Hall–Kier alpha value is -1.36. The van der Waals surface area contributed by atoms with Gasteiger partial charge in [-0.05, 0) is 38.5 Å². The van der Waals surface area contributed by atoms with E-state index in [1.54, 1.807) is 12.3 Å². The van der Waals surface area contributed by atoms with Gasteiger partial charge in [0.05, 0.1) is 11.9 Å². The van der Waals surface area contributed by atoms with Crippen LogP contribution in [0.4, 0.5) is 5.69 Å². The Labute approximate surface area is 107 Å². The fraction of sp³-hybridized carbons (Fsp3) is 0.692. The normalized spacial score (nSPS) is 15.4. The van der Waals surface area contributed by atoms with Crippen molar-refractivity contribution in [1.82, 2.24) is 9.78 Å². The van der Waals surface area contributed by atoms with Gasteiger partial charge in [-0.2, -0.15) is 5.10 Å². The highest BCUT2D eigenvalue weighted by atomic mass is 16.2. The molecule has 0 saturated heterocycles. The summed E-state index contributed by atoms with van der Waals surface area (Å²) in [6.07, 6.45) is 7.96. The largest absolute Gasteiger partial charge is 0.396 e. The van der Waals surface area contributed by atoms with Crippen molar-refractivity contribution in [1.29, 1.82) is 0 Å². The van der Waals surface area contributed by atoms with Gasteiger partial charge < -0.3 is 10.4 Å². The van der Waals surface area contributed by atoms with Crippen LogP contribution in [-0.2, 0) is 6.54 Å². The number of aromatic nitrogens is 2. The number of hydrogen-bond acceptors (Lipinski definition) is 4. The number of anilines is 1. The Morgan fingerprint density at radius 1 is 1.39 bits per heavy atom. The van der Waals surface area contributed by atoms with Crippen molar-refractivity contribution in [2.45, 2.75) is 51.1 Å². The van der Waals surface area contributed by atoms with Gasteiger partial charge >= 0.3 is 0 Å². The SMILES string of the molecule is O=c1cc(NC2CCC2)cnn1CCCCCO. The summed E-state index contributed by atoms with van der Waals surface area (Å²) >= 11 is 0. The molecule has 0 radical (unpaired) electrons. The summed E-state index contributed by atoms with van der Waals surface area (Å²) in [5.41, 5.74) is 0.777. The van der Waals surface area contributed by atoms with Crippen LogP contribution in [0.25, 0.3) is 0 Å². The molecular formula is C13H21N3O2. The van der Waals surface area contributed by atoms with Gasteiger partial charge in [-0.1, -0.05) is 0 Å². The molecule has 0 atom stereocenters. The second-order valence-corrected chi connectivity index (χ2v) is 4.86. The molecule has 1 fully saturated rings. The molecule has 0 aliphatic heterocycles. The average Bonchev–Trinajstić information content (AvgIpc) is 2.31. The highest BCUT2D eigenvalue weighted by molar-refractivity contribution is 5.40. The number of nitrogens with zero attached hydrogens (tertiary/aromatic N) is 2. The number of aliphatic hydroxyl groups is 1. The van der Waals surface area contributed by atoms with Gasteiger partial charge in [-0.25, -0.2) is 4.68 Å². The molecule has 18 heavy (non-hydrogen) atoms. The fourth-order valence-corrected chi connectivity index (χ4v) is 2.02. The van der Waals surface area contributed by atoms with E-state index < -0.39 is 0 Å². The predicted molar refractivity (Wildman–Crippen MR) is 70.7 cm³/mol. The summed E-state index contributed by atoms with van der Waals surface area (Å²) in [5, 5.41) is 16.2. The first-order valence-corrected chi connectivity index (χ1v) is 6.74. The van der Waals surface area contributed by atoms with E-state index in [9.17, 15) is 4.79 Å². The first kappa shape index (κ1) is 13.1. The molecule has 1 aliphatic carbocycles. The minimum atomic E-state index is -0.0525. The number of aryl methyl sites for hydroxylation is 1. The molecule has 1 aromatic heterocycles. The summed E-state index contributed by atoms with van der Waals surface area (Å²) < 4.78 is 1.49. The molecule has 0 aromatic carbocycles. The molecular weight excluding hydrogens is 230 g/mol. The van der Waals surface area contributed by atoms with Crippen molar-refractivity contribution in [3.63, 3.8) is 0 Å². The second-order valence-electron chi connectivity index (χ2n) is 4.86. The Bertz CT molecular complexity index is 426. The van der Waals surface area contributed by atoms with Gasteiger partial charge in [0.2, 0.25) is 0 Å². The molecule has 5 heteroatoms. The minimum absolute atomic E-state index is 0.0525. The molecule has 0 bridgehead atoms. The zero-order valence-corrected chi connectivity index (χ0v) is 10.6. The van der Waals surface area contributed by atoms with Crippen molar-refractivity contribution in [3.05, 3.63) is 22.6 Å². The number of nitrogens with one attached hydrogen (secondary N) is 1. The lowest BCUT2D eigenvalue weighted by molar-refractivity contribution is 0.281. The summed E-state index contributed by atoms with van der Waals surface area (Å²) in [7, 11) is 0. The zero-order valence-electron chi connectivity index (χ0n) is 10.6. The van der Waals surface area contributed by atoms with E-state index >= 15 is 0 Å². The summed E-state index contributed by atoms with van der Waals surface area (Å²) in [5.74, 6) is 0. The minimum Gasteiger partial charge on any atom is -0.396 e. The molecule has 1 saturated carbocycles. The van der Waals surface area contributed by atoms with E-state index in [0.29, 0.717) is 12.6 Å². The van der Waals surface area contributed by atoms with E-state index in [1.165, 1.54) is 23.9 Å². The third kappa shape index (κ3) is 3.57. The monoisotopic (exact) mass is 251 g/mol. The molecule has 0 amide bonds. The summed E-state index contributed by atoms with van der Waals surface area (Å²) in [6.45, 7) is 0.842. The molecule has 0 unspecified atom stereocenters. The maximum absolute atomic E-state index is 11.8. The van der Waals surface area contributed by atoms with Crippen molar-refractivity contribution in [3.8, 4) is 0 Å². The van der Waals surface area contributed by atoms with Crippen LogP contribution in [0, 0.1) is 0 Å². The third-order valence-electron chi connectivity index (χ3n) is 3.37. The van der Waals surface area contributed by atoms with Gasteiger partial charge in [0, 0.05) is 25.3 Å².